The zero-order valence-corrected chi connectivity index (χ0v) is 20.5. The minimum absolute atomic E-state index is 0.0676. The first kappa shape index (κ1) is 26.5. The molecule has 1 fully saturated rings. The molecule has 1 N–H and O–H groups in total. The number of hydrogen-bond acceptors (Lipinski definition) is 4. The lowest BCUT2D eigenvalue weighted by Crippen LogP contribution is -2.34. The number of benzene rings is 2. The first-order valence-electron chi connectivity index (χ1n) is 12.4. The Balaban J connectivity index is 1.90. The molecule has 1 atom stereocenters. The van der Waals surface area contributed by atoms with Crippen LogP contribution in [0, 0.1) is 11.6 Å². The van der Waals surface area contributed by atoms with Gasteiger partial charge in [0.05, 0.1) is 11.6 Å². The van der Waals surface area contributed by atoms with Gasteiger partial charge < -0.3 is 14.9 Å². The molecular formula is C28H34F2N2O3. The van der Waals surface area contributed by atoms with Crippen LogP contribution in [-0.4, -0.2) is 52.8 Å². The molecule has 0 spiro atoms. The van der Waals surface area contributed by atoms with E-state index in [1.807, 2.05) is 0 Å². The number of aliphatic hydroxyl groups excluding tert-OH is 1. The molecule has 1 aliphatic heterocycles. The first-order chi connectivity index (χ1) is 16.9. The zero-order valence-electron chi connectivity index (χ0n) is 20.5. The number of hydrogen-bond donors (Lipinski definition) is 1. The number of likely N-dealkylation sites (tertiary alicyclic amines) is 1. The Labute approximate surface area is 206 Å². The maximum absolute atomic E-state index is 13.6. The van der Waals surface area contributed by atoms with Gasteiger partial charge in [0, 0.05) is 12.1 Å². The van der Waals surface area contributed by atoms with E-state index in [4.69, 9.17) is 0 Å². The summed E-state index contributed by atoms with van der Waals surface area (Å²) in [6, 6.07) is 9.81. The van der Waals surface area contributed by atoms with Gasteiger partial charge in [0.2, 0.25) is 0 Å². The summed E-state index contributed by atoms with van der Waals surface area (Å²) in [6.07, 6.45) is 5.06. The molecule has 1 amide bonds. The average Bonchev–Trinajstić information content (AvgIpc) is 3.10. The van der Waals surface area contributed by atoms with Gasteiger partial charge in [-0.15, -0.1) is 0 Å². The second-order valence-corrected chi connectivity index (χ2v) is 8.95. The summed E-state index contributed by atoms with van der Waals surface area (Å²) in [6.45, 7) is 7.39. The minimum Gasteiger partial charge on any atom is -0.507 e. The molecule has 2 aromatic carbocycles. The lowest BCUT2D eigenvalue weighted by molar-refractivity contribution is -0.140. The molecule has 0 bridgehead atoms. The molecule has 0 unspecified atom stereocenters. The van der Waals surface area contributed by atoms with Gasteiger partial charge in [-0.25, -0.2) is 8.78 Å². The monoisotopic (exact) mass is 484 g/mol. The summed E-state index contributed by atoms with van der Waals surface area (Å²) >= 11 is 0. The van der Waals surface area contributed by atoms with Crippen LogP contribution in [0.4, 0.5) is 8.78 Å². The summed E-state index contributed by atoms with van der Waals surface area (Å²) in [5.41, 5.74) is 0.701. The number of nitrogens with zero attached hydrogens (tertiary/aromatic N) is 2. The van der Waals surface area contributed by atoms with Crippen molar-refractivity contribution in [1.29, 1.82) is 0 Å². The first-order valence-corrected chi connectivity index (χ1v) is 12.4. The number of ketones is 1. The summed E-state index contributed by atoms with van der Waals surface area (Å²) in [7, 11) is 0. The molecule has 188 valence electrons. The molecule has 35 heavy (non-hydrogen) atoms. The van der Waals surface area contributed by atoms with Crippen molar-refractivity contribution in [2.24, 2.45) is 0 Å². The summed E-state index contributed by atoms with van der Waals surface area (Å²) in [5.74, 6) is -2.78. The second-order valence-electron chi connectivity index (χ2n) is 8.95. The van der Waals surface area contributed by atoms with E-state index in [1.165, 1.54) is 53.4 Å². The van der Waals surface area contributed by atoms with Gasteiger partial charge >= 0.3 is 0 Å². The number of Topliss-reactive ketones (excluding diaryl/α,β-unsaturated/α-hetero) is 1. The topological polar surface area (TPSA) is 60.9 Å². The quantitative estimate of drug-likeness (QED) is 0.239. The highest BCUT2D eigenvalue weighted by Gasteiger charge is 2.45. The van der Waals surface area contributed by atoms with Crippen molar-refractivity contribution in [2.75, 3.05) is 26.2 Å². The zero-order chi connectivity index (χ0) is 25.4. The Kier molecular flexibility index (Phi) is 9.55. The number of amides is 1. The van der Waals surface area contributed by atoms with E-state index in [2.05, 4.69) is 18.7 Å². The van der Waals surface area contributed by atoms with Crippen LogP contribution in [0.2, 0.25) is 0 Å². The fourth-order valence-corrected chi connectivity index (χ4v) is 4.43. The SMILES string of the molecule is CCCCN(CCCC)CCCN1C(=O)C(=O)C(=C(O)c2ccc(F)cc2)[C@H]1c1ccc(F)cc1. The number of carbonyl (C=O) groups excluding carboxylic acids is 2. The summed E-state index contributed by atoms with van der Waals surface area (Å²) in [4.78, 5) is 30.0. The van der Waals surface area contributed by atoms with Crippen LogP contribution in [0.15, 0.2) is 54.1 Å². The highest BCUT2D eigenvalue weighted by molar-refractivity contribution is 6.46. The van der Waals surface area contributed by atoms with E-state index < -0.39 is 29.4 Å². The van der Waals surface area contributed by atoms with Gasteiger partial charge in [-0.05, 0) is 80.9 Å². The van der Waals surface area contributed by atoms with Crippen LogP contribution in [0.25, 0.3) is 5.76 Å². The molecule has 0 saturated carbocycles. The average molecular weight is 485 g/mol. The standard InChI is InChI=1S/C28H34F2N2O3/c1-3-5-16-31(17-6-4-2)18-7-19-32-25(20-8-12-22(29)13-9-20)24(27(34)28(32)35)26(33)21-10-14-23(30)15-11-21/h8-15,25,33H,3-7,16-19H2,1-2H3/t25-/m1/s1. The van der Waals surface area contributed by atoms with Crippen molar-refractivity contribution < 1.29 is 23.5 Å². The fourth-order valence-electron chi connectivity index (χ4n) is 4.43. The predicted octanol–water partition coefficient (Wildman–Crippen LogP) is 5.68. The molecule has 7 heteroatoms. The number of carbonyl (C=O) groups is 2. The van der Waals surface area contributed by atoms with Crippen molar-refractivity contribution in [3.05, 3.63) is 76.9 Å². The van der Waals surface area contributed by atoms with Gasteiger partial charge in [0.25, 0.3) is 11.7 Å². The van der Waals surface area contributed by atoms with Crippen molar-refractivity contribution in [2.45, 2.75) is 52.0 Å². The van der Waals surface area contributed by atoms with Crippen molar-refractivity contribution in [3.63, 3.8) is 0 Å². The van der Waals surface area contributed by atoms with Gasteiger partial charge in [0.1, 0.15) is 17.4 Å². The van der Waals surface area contributed by atoms with Crippen molar-refractivity contribution >= 4 is 17.4 Å². The Morgan fingerprint density at radius 1 is 0.857 bits per heavy atom. The van der Waals surface area contributed by atoms with Crippen molar-refractivity contribution in [1.82, 2.24) is 9.80 Å². The van der Waals surface area contributed by atoms with E-state index >= 15 is 0 Å². The maximum atomic E-state index is 13.6. The molecule has 0 radical (unpaired) electrons. The van der Waals surface area contributed by atoms with Crippen LogP contribution < -0.4 is 0 Å². The predicted molar refractivity (Wildman–Crippen MR) is 133 cm³/mol. The molecule has 5 nitrogen and oxygen atoms in total. The number of unbranched alkanes of at least 4 members (excludes halogenated alkanes) is 2. The lowest BCUT2D eigenvalue weighted by atomic mass is 9.95. The van der Waals surface area contributed by atoms with Gasteiger partial charge in [0.15, 0.2) is 0 Å². The highest BCUT2D eigenvalue weighted by atomic mass is 19.1. The Morgan fingerprint density at radius 2 is 1.37 bits per heavy atom. The molecule has 1 saturated heterocycles. The third-order valence-corrected chi connectivity index (χ3v) is 6.37. The van der Waals surface area contributed by atoms with E-state index in [0.717, 1.165) is 45.3 Å². The number of aliphatic hydroxyl groups is 1. The smallest absolute Gasteiger partial charge is 0.295 e. The third-order valence-electron chi connectivity index (χ3n) is 6.37. The van der Waals surface area contributed by atoms with Crippen LogP contribution in [0.1, 0.15) is 63.1 Å². The van der Waals surface area contributed by atoms with Gasteiger partial charge in [-0.3, -0.25) is 9.59 Å². The second kappa shape index (κ2) is 12.6. The van der Waals surface area contributed by atoms with Crippen molar-refractivity contribution in [3.8, 4) is 0 Å². The highest BCUT2D eigenvalue weighted by Crippen LogP contribution is 2.39. The summed E-state index contributed by atoms with van der Waals surface area (Å²) in [5, 5.41) is 11.0. The largest absolute Gasteiger partial charge is 0.507 e. The van der Waals surface area contributed by atoms with Crippen LogP contribution >= 0.6 is 0 Å². The molecule has 1 aliphatic rings. The molecule has 2 aromatic rings. The lowest BCUT2D eigenvalue weighted by Gasteiger charge is -2.27. The molecule has 1 heterocycles. The molecule has 3 rings (SSSR count). The Morgan fingerprint density at radius 3 is 1.91 bits per heavy atom. The van der Waals surface area contributed by atoms with Crippen LogP contribution in [-0.2, 0) is 9.59 Å². The van der Waals surface area contributed by atoms with Gasteiger partial charge in [-0.1, -0.05) is 38.8 Å². The maximum Gasteiger partial charge on any atom is 0.295 e. The molecular weight excluding hydrogens is 450 g/mol. The normalized spacial score (nSPS) is 17.5. The van der Waals surface area contributed by atoms with Gasteiger partial charge in [-0.2, -0.15) is 0 Å². The minimum atomic E-state index is -0.847. The van der Waals surface area contributed by atoms with E-state index in [-0.39, 0.29) is 16.9 Å². The number of halogens is 2. The Hall–Kier alpha value is -3.06. The van der Waals surface area contributed by atoms with E-state index in [0.29, 0.717) is 18.5 Å². The van der Waals surface area contributed by atoms with Crippen LogP contribution in [0.5, 0.6) is 0 Å². The number of rotatable bonds is 12. The molecule has 0 aliphatic carbocycles. The summed E-state index contributed by atoms with van der Waals surface area (Å²) < 4.78 is 27.0. The Bertz CT molecular complexity index is 1030. The molecule has 0 aromatic heterocycles. The van der Waals surface area contributed by atoms with Crippen LogP contribution in [0.3, 0.4) is 0 Å². The third kappa shape index (κ3) is 6.54. The van der Waals surface area contributed by atoms with E-state index in [1.54, 1.807) is 0 Å². The van der Waals surface area contributed by atoms with E-state index in [9.17, 15) is 23.5 Å². The fraction of sp³-hybridized carbons (Fsp3) is 0.429.